The summed E-state index contributed by atoms with van der Waals surface area (Å²) < 4.78 is 5.56. The number of fused-ring (bicyclic) bond motifs is 1. The summed E-state index contributed by atoms with van der Waals surface area (Å²) in [5, 5.41) is 3.74. The van der Waals surface area contributed by atoms with Crippen LogP contribution in [-0.4, -0.2) is 23.3 Å². The Balaban J connectivity index is 1.45. The van der Waals surface area contributed by atoms with E-state index in [1.807, 2.05) is 36.4 Å². The lowest BCUT2D eigenvalue weighted by atomic mass is 10.2. The second-order valence-electron chi connectivity index (χ2n) is 6.00. The summed E-state index contributed by atoms with van der Waals surface area (Å²) in [6.07, 6.45) is 3.08. The lowest BCUT2D eigenvalue weighted by Crippen LogP contribution is -2.25. The molecule has 6 heteroatoms. The van der Waals surface area contributed by atoms with E-state index in [2.05, 4.69) is 10.3 Å². The van der Waals surface area contributed by atoms with Gasteiger partial charge in [0.1, 0.15) is 11.4 Å². The minimum atomic E-state index is -0.271. The number of carbonyl (C=O) groups excluding carboxylic acids is 2. The summed E-state index contributed by atoms with van der Waals surface area (Å²) in [4.78, 5) is 30.1. The molecule has 126 valence electrons. The van der Waals surface area contributed by atoms with Gasteiger partial charge in [-0.3, -0.25) is 14.5 Å². The molecule has 1 N–H and O–H groups in total. The smallest absolute Gasteiger partial charge is 0.287 e. The van der Waals surface area contributed by atoms with Gasteiger partial charge >= 0.3 is 0 Å². The normalized spacial score (nSPS) is 14.2. The molecule has 1 fully saturated rings. The highest BCUT2D eigenvalue weighted by atomic mass is 16.3. The monoisotopic (exact) mass is 335 g/mol. The standard InChI is InChI=1S/C19H17N3O3/c23-18-6-3-9-22(18)17-10-13(7-8-20-17)12-21-19(24)16-11-14-4-1-2-5-15(14)25-16/h1-2,4-5,7-8,10-11H,3,6,9,12H2,(H,21,24). The van der Waals surface area contributed by atoms with Crippen LogP contribution >= 0.6 is 0 Å². The van der Waals surface area contributed by atoms with Crippen LogP contribution in [-0.2, 0) is 11.3 Å². The molecule has 25 heavy (non-hydrogen) atoms. The van der Waals surface area contributed by atoms with Gasteiger partial charge in [0.25, 0.3) is 5.91 Å². The fourth-order valence-electron chi connectivity index (χ4n) is 2.97. The molecule has 6 nitrogen and oxygen atoms in total. The van der Waals surface area contributed by atoms with E-state index < -0.39 is 0 Å². The van der Waals surface area contributed by atoms with E-state index in [1.54, 1.807) is 17.2 Å². The number of nitrogens with one attached hydrogen (secondary N) is 1. The number of hydrogen-bond donors (Lipinski definition) is 1. The molecule has 4 rings (SSSR count). The van der Waals surface area contributed by atoms with Gasteiger partial charge in [-0.05, 0) is 36.2 Å². The lowest BCUT2D eigenvalue weighted by molar-refractivity contribution is -0.117. The van der Waals surface area contributed by atoms with Crippen LogP contribution in [0.5, 0.6) is 0 Å². The number of aromatic nitrogens is 1. The number of pyridine rings is 1. The van der Waals surface area contributed by atoms with Gasteiger partial charge in [-0.2, -0.15) is 0 Å². The number of hydrogen-bond acceptors (Lipinski definition) is 4. The van der Waals surface area contributed by atoms with Crippen molar-refractivity contribution >= 4 is 28.6 Å². The van der Waals surface area contributed by atoms with E-state index in [4.69, 9.17) is 4.42 Å². The van der Waals surface area contributed by atoms with Crippen molar-refractivity contribution in [3.63, 3.8) is 0 Å². The van der Waals surface area contributed by atoms with Gasteiger partial charge in [0.2, 0.25) is 5.91 Å². The Morgan fingerprint density at radius 2 is 2.12 bits per heavy atom. The Hall–Kier alpha value is -3.15. The summed E-state index contributed by atoms with van der Waals surface area (Å²) in [6.45, 7) is 1.04. The first-order valence-electron chi connectivity index (χ1n) is 8.23. The number of para-hydroxylation sites is 1. The largest absolute Gasteiger partial charge is 0.451 e. The van der Waals surface area contributed by atoms with Gasteiger partial charge in [-0.15, -0.1) is 0 Å². The van der Waals surface area contributed by atoms with Crippen LogP contribution in [0.2, 0.25) is 0 Å². The fourth-order valence-corrected chi connectivity index (χ4v) is 2.97. The molecular formula is C19H17N3O3. The molecule has 3 aromatic rings. The van der Waals surface area contributed by atoms with Crippen LogP contribution in [0.25, 0.3) is 11.0 Å². The molecule has 0 bridgehead atoms. The topological polar surface area (TPSA) is 75.4 Å². The van der Waals surface area contributed by atoms with Crippen LogP contribution in [0.4, 0.5) is 5.82 Å². The van der Waals surface area contributed by atoms with E-state index >= 15 is 0 Å². The molecule has 0 spiro atoms. The zero-order chi connectivity index (χ0) is 17.2. The molecule has 3 heterocycles. The van der Waals surface area contributed by atoms with Crippen molar-refractivity contribution in [2.24, 2.45) is 0 Å². The van der Waals surface area contributed by atoms with Crippen LogP contribution < -0.4 is 10.2 Å². The Bertz CT molecular complexity index is 915. The van der Waals surface area contributed by atoms with Gasteiger partial charge in [0, 0.05) is 31.1 Å². The molecule has 0 atom stereocenters. The van der Waals surface area contributed by atoms with Crippen molar-refractivity contribution < 1.29 is 14.0 Å². The summed E-state index contributed by atoms with van der Waals surface area (Å²) in [7, 11) is 0. The van der Waals surface area contributed by atoms with Crippen molar-refractivity contribution in [2.45, 2.75) is 19.4 Å². The van der Waals surface area contributed by atoms with Gasteiger partial charge < -0.3 is 9.73 Å². The van der Waals surface area contributed by atoms with Crippen LogP contribution in [0.1, 0.15) is 29.0 Å². The third-order valence-corrected chi connectivity index (χ3v) is 4.26. The lowest BCUT2D eigenvalue weighted by Gasteiger charge is -2.15. The summed E-state index contributed by atoms with van der Waals surface area (Å²) in [6, 6.07) is 12.9. The van der Waals surface area contributed by atoms with Gasteiger partial charge in [0.05, 0.1) is 0 Å². The number of nitrogens with zero attached hydrogens (tertiary/aromatic N) is 2. The summed E-state index contributed by atoms with van der Waals surface area (Å²) in [5.41, 5.74) is 1.57. The fraction of sp³-hybridized carbons (Fsp3) is 0.211. The molecular weight excluding hydrogens is 318 g/mol. The number of rotatable bonds is 4. The predicted molar refractivity (Wildman–Crippen MR) is 93.2 cm³/mol. The van der Waals surface area contributed by atoms with Crippen molar-refractivity contribution in [3.05, 3.63) is 60.0 Å². The Kier molecular flexibility index (Phi) is 3.93. The second-order valence-corrected chi connectivity index (χ2v) is 6.00. The second kappa shape index (κ2) is 6.39. The highest BCUT2D eigenvalue weighted by Gasteiger charge is 2.22. The molecule has 0 unspecified atom stereocenters. The van der Waals surface area contributed by atoms with Gasteiger partial charge in [-0.25, -0.2) is 4.98 Å². The minimum Gasteiger partial charge on any atom is -0.451 e. The molecule has 1 saturated heterocycles. The average Bonchev–Trinajstić information content (AvgIpc) is 3.26. The Morgan fingerprint density at radius 3 is 2.92 bits per heavy atom. The first-order chi connectivity index (χ1) is 12.2. The van der Waals surface area contributed by atoms with Gasteiger partial charge in [-0.1, -0.05) is 18.2 Å². The zero-order valence-electron chi connectivity index (χ0n) is 13.6. The SMILES string of the molecule is O=C(NCc1ccnc(N2CCCC2=O)c1)c1cc2ccccc2o1. The van der Waals surface area contributed by atoms with Crippen molar-refractivity contribution in [2.75, 3.05) is 11.4 Å². The number of anilines is 1. The maximum Gasteiger partial charge on any atom is 0.287 e. The van der Waals surface area contributed by atoms with E-state index in [1.165, 1.54) is 0 Å². The van der Waals surface area contributed by atoms with E-state index in [0.29, 0.717) is 30.9 Å². The van der Waals surface area contributed by atoms with Crippen molar-refractivity contribution in [1.82, 2.24) is 10.3 Å². The van der Waals surface area contributed by atoms with Crippen LogP contribution in [0, 0.1) is 0 Å². The maximum atomic E-state index is 12.3. The number of furan rings is 1. The van der Waals surface area contributed by atoms with E-state index in [0.717, 1.165) is 17.4 Å². The van der Waals surface area contributed by atoms with Crippen LogP contribution in [0.3, 0.4) is 0 Å². The van der Waals surface area contributed by atoms with Gasteiger partial charge in [0.15, 0.2) is 5.76 Å². The number of benzene rings is 1. The summed E-state index contributed by atoms with van der Waals surface area (Å²) in [5.74, 6) is 0.742. The first kappa shape index (κ1) is 15.4. The van der Waals surface area contributed by atoms with Crippen LogP contribution in [0.15, 0.2) is 53.1 Å². The van der Waals surface area contributed by atoms with Crippen molar-refractivity contribution in [1.29, 1.82) is 0 Å². The zero-order valence-corrected chi connectivity index (χ0v) is 13.6. The average molecular weight is 335 g/mol. The molecule has 2 amide bonds. The van der Waals surface area contributed by atoms with Crippen molar-refractivity contribution in [3.8, 4) is 0 Å². The quantitative estimate of drug-likeness (QED) is 0.795. The highest BCUT2D eigenvalue weighted by Crippen LogP contribution is 2.20. The molecule has 0 saturated carbocycles. The minimum absolute atomic E-state index is 0.0935. The molecule has 2 aromatic heterocycles. The molecule has 0 radical (unpaired) electrons. The molecule has 1 aliphatic heterocycles. The molecule has 1 aliphatic rings. The molecule has 0 aliphatic carbocycles. The maximum absolute atomic E-state index is 12.3. The van der Waals surface area contributed by atoms with E-state index in [-0.39, 0.29) is 17.6 Å². The number of amides is 2. The first-order valence-corrected chi connectivity index (χ1v) is 8.23. The van der Waals surface area contributed by atoms with E-state index in [9.17, 15) is 9.59 Å². The molecule has 1 aromatic carbocycles. The Labute approximate surface area is 144 Å². The summed E-state index contributed by atoms with van der Waals surface area (Å²) >= 11 is 0. The number of carbonyl (C=O) groups is 2. The third kappa shape index (κ3) is 3.10. The third-order valence-electron chi connectivity index (χ3n) is 4.26. The predicted octanol–water partition coefficient (Wildman–Crippen LogP) is 2.88. The highest BCUT2D eigenvalue weighted by molar-refractivity contribution is 5.96. The Morgan fingerprint density at radius 1 is 1.24 bits per heavy atom.